The van der Waals surface area contributed by atoms with E-state index in [2.05, 4.69) is 4.98 Å². The molecule has 0 aliphatic carbocycles. The van der Waals surface area contributed by atoms with Gasteiger partial charge in [0.2, 0.25) is 5.43 Å². The molecule has 6 heteroatoms. The number of fused-ring (bicyclic) bond motifs is 2. The maximum absolute atomic E-state index is 13.5. The highest BCUT2D eigenvalue weighted by Gasteiger charge is 2.18. The second-order valence-electron chi connectivity index (χ2n) is 8.07. The summed E-state index contributed by atoms with van der Waals surface area (Å²) in [4.78, 5) is 16.9. The Morgan fingerprint density at radius 1 is 0.714 bits per heavy atom. The second-order valence-corrected chi connectivity index (χ2v) is 8.07. The summed E-state index contributed by atoms with van der Waals surface area (Å²) in [5, 5.41) is 0.934. The fourth-order valence-electron chi connectivity index (χ4n) is 4.07. The molecule has 6 nitrogen and oxygen atoms in total. The van der Waals surface area contributed by atoms with E-state index in [1.54, 1.807) is 31.4 Å². The van der Waals surface area contributed by atoms with Gasteiger partial charge in [0, 0.05) is 12.1 Å². The maximum Gasteiger partial charge on any atom is 0.201 e. The summed E-state index contributed by atoms with van der Waals surface area (Å²) in [7, 11) is 3.11. The topological polar surface area (TPSA) is 69.8 Å². The van der Waals surface area contributed by atoms with Crippen molar-refractivity contribution in [2.45, 2.75) is 13.2 Å². The molecule has 1 N–H and O–H groups in total. The molecule has 0 aliphatic heterocycles. The summed E-state index contributed by atoms with van der Waals surface area (Å²) < 4.78 is 23.3. The van der Waals surface area contributed by atoms with Gasteiger partial charge in [0.1, 0.15) is 24.7 Å². The average molecular weight is 468 g/mol. The number of hydrogen-bond acceptors (Lipinski definition) is 5. The lowest BCUT2D eigenvalue weighted by molar-refractivity contribution is 0.258. The predicted octanol–water partition coefficient (Wildman–Crippen LogP) is 5.86. The van der Waals surface area contributed by atoms with Gasteiger partial charge in [0.25, 0.3) is 0 Å². The quantitative estimate of drug-likeness (QED) is 0.290. The lowest BCUT2D eigenvalue weighted by Crippen LogP contribution is -2.09. The minimum absolute atomic E-state index is 0.160. The van der Waals surface area contributed by atoms with E-state index in [1.807, 2.05) is 60.7 Å². The van der Waals surface area contributed by atoms with Crippen molar-refractivity contribution >= 4 is 21.8 Å². The first kappa shape index (κ1) is 22.3. The predicted molar refractivity (Wildman–Crippen MR) is 137 cm³/mol. The third kappa shape index (κ3) is 4.51. The minimum Gasteiger partial charge on any atom is -0.497 e. The van der Waals surface area contributed by atoms with Crippen LogP contribution >= 0.6 is 0 Å². The summed E-state index contributed by atoms with van der Waals surface area (Å²) in [6, 6.07) is 26.8. The van der Waals surface area contributed by atoms with Gasteiger partial charge in [-0.2, -0.15) is 0 Å². The molecule has 176 valence electrons. The Labute approximate surface area is 202 Å². The van der Waals surface area contributed by atoms with Crippen molar-refractivity contribution in [3.63, 3.8) is 0 Å². The smallest absolute Gasteiger partial charge is 0.201 e. The van der Waals surface area contributed by atoms with E-state index in [9.17, 15) is 4.79 Å². The SMILES string of the molecule is COc1cc(OC)c2c(=O)c3ccc(OCc4ccccc4)c(OCc4ccccc4)c3[nH]c2c1. The lowest BCUT2D eigenvalue weighted by atomic mass is 10.1. The van der Waals surface area contributed by atoms with Gasteiger partial charge in [-0.15, -0.1) is 0 Å². The molecule has 0 atom stereocenters. The number of rotatable bonds is 8. The van der Waals surface area contributed by atoms with Crippen molar-refractivity contribution in [2.75, 3.05) is 14.2 Å². The molecular weight excluding hydrogens is 442 g/mol. The average Bonchev–Trinajstić information content (AvgIpc) is 2.91. The number of ether oxygens (including phenoxy) is 4. The number of pyridine rings is 1. The molecule has 0 bridgehead atoms. The summed E-state index contributed by atoms with van der Waals surface area (Å²) in [5.74, 6) is 2.04. The van der Waals surface area contributed by atoms with Gasteiger partial charge < -0.3 is 23.9 Å². The molecule has 0 spiro atoms. The first-order valence-corrected chi connectivity index (χ1v) is 11.3. The Bertz CT molecular complexity index is 1530. The maximum atomic E-state index is 13.5. The van der Waals surface area contributed by atoms with Gasteiger partial charge >= 0.3 is 0 Å². The third-order valence-electron chi connectivity index (χ3n) is 5.85. The Balaban J connectivity index is 1.66. The lowest BCUT2D eigenvalue weighted by Gasteiger charge is -2.17. The standard InChI is InChI=1S/C29H25NO5/c1-32-21-15-23-26(25(16-21)33-2)28(31)22-13-14-24(34-17-19-9-5-3-6-10-19)29(27(22)30-23)35-18-20-11-7-4-8-12-20/h3-16H,17-18H2,1-2H3,(H,30,31). The molecule has 1 heterocycles. The van der Waals surface area contributed by atoms with Gasteiger partial charge in [-0.3, -0.25) is 4.79 Å². The van der Waals surface area contributed by atoms with Crippen LogP contribution in [0.2, 0.25) is 0 Å². The zero-order valence-corrected chi connectivity index (χ0v) is 19.5. The van der Waals surface area contributed by atoms with Crippen molar-refractivity contribution in [2.24, 2.45) is 0 Å². The number of methoxy groups -OCH3 is 2. The minimum atomic E-state index is -0.160. The second kappa shape index (κ2) is 9.81. The van der Waals surface area contributed by atoms with E-state index < -0.39 is 0 Å². The monoisotopic (exact) mass is 467 g/mol. The third-order valence-corrected chi connectivity index (χ3v) is 5.85. The Hall–Kier alpha value is -4.45. The van der Waals surface area contributed by atoms with Crippen LogP contribution in [0.25, 0.3) is 21.8 Å². The number of nitrogens with one attached hydrogen (secondary N) is 1. The zero-order valence-electron chi connectivity index (χ0n) is 19.5. The van der Waals surface area contributed by atoms with Crippen LogP contribution in [0.4, 0.5) is 0 Å². The van der Waals surface area contributed by atoms with E-state index >= 15 is 0 Å². The normalized spacial score (nSPS) is 10.9. The van der Waals surface area contributed by atoms with Crippen molar-refractivity contribution < 1.29 is 18.9 Å². The molecule has 4 aromatic carbocycles. The molecule has 0 unspecified atom stereocenters. The van der Waals surface area contributed by atoms with E-state index in [4.69, 9.17) is 18.9 Å². The first-order chi connectivity index (χ1) is 17.2. The molecule has 0 aliphatic rings. The van der Waals surface area contributed by atoms with Gasteiger partial charge in [-0.1, -0.05) is 60.7 Å². The van der Waals surface area contributed by atoms with Gasteiger partial charge in [0.15, 0.2) is 11.5 Å². The molecule has 0 fully saturated rings. The summed E-state index contributed by atoms with van der Waals surface area (Å²) in [5.41, 5.74) is 3.02. The van der Waals surface area contributed by atoms with E-state index in [1.165, 1.54) is 7.11 Å². The highest BCUT2D eigenvalue weighted by molar-refractivity contribution is 5.99. The van der Waals surface area contributed by atoms with Crippen LogP contribution in [0.15, 0.2) is 89.7 Å². The van der Waals surface area contributed by atoms with Crippen molar-refractivity contribution in [3.05, 3.63) is 106 Å². The summed E-state index contributed by atoms with van der Waals surface area (Å²) in [6.07, 6.45) is 0. The molecular formula is C29H25NO5. The first-order valence-electron chi connectivity index (χ1n) is 11.3. The highest BCUT2D eigenvalue weighted by atomic mass is 16.5. The molecule has 1 aromatic heterocycles. The van der Waals surface area contributed by atoms with Crippen LogP contribution in [0.3, 0.4) is 0 Å². The largest absolute Gasteiger partial charge is 0.497 e. The fraction of sp³-hybridized carbons (Fsp3) is 0.138. The number of aromatic amines is 1. The van der Waals surface area contributed by atoms with Crippen LogP contribution in [0.5, 0.6) is 23.0 Å². The van der Waals surface area contributed by atoms with Crippen molar-refractivity contribution in [1.29, 1.82) is 0 Å². The van der Waals surface area contributed by atoms with Crippen LogP contribution in [-0.2, 0) is 13.2 Å². The van der Waals surface area contributed by atoms with Crippen molar-refractivity contribution in [3.8, 4) is 23.0 Å². The van der Waals surface area contributed by atoms with Crippen molar-refractivity contribution in [1.82, 2.24) is 4.98 Å². The van der Waals surface area contributed by atoms with Gasteiger partial charge in [-0.05, 0) is 23.3 Å². The van der Waals surface area contributed by atoms with Crippen LogP contribution in [0, 0.1) is 0 Å². The summed E-state index contributed by atoms with van der Waals surface area (Å²) >= 11 is 0. The zero-order chi connectivity index (χ0) is 24.2. The van der Waals surface area contributed by atoms with Crippen LogP contribution < -0.4 is 24.4 Å². The van der Waals surface area contributed by atoms with E-state index in [0.29, 0.717) is 58.0 Å². The van der Waals surface area contributed by atoms with Crippen LogP contribution in [-0.4, -0.2) is 19.2 Å². The molecule has 0 radical (unpaired) electrons. The number of aromatic nitrogens is 1. The molecule has 0 saturated heterocycles. The fourth-order valence-corrected chi connectivity index (χ4v) is 4.07. The van der Waals surface area contributed by atoms with E-state index in [-0.39, 0.29) is 5.43 Å². The molecule has 35 heavy (non-hydrogen) atoms. The number of hydrogen-bond donors (Lipinski definition) is 1. The van der Waals surface area contributed by atoms with E-state index in [0.717, 1.165) is 11.1 Å². The summed E-state index contributed by atoms with van der Waals surface area (Å²) in [6.45, 7) is 0.691. The number of H-pyrrole nitrogens is 1. The van der Waals surface area contributed by atoms with Gasteiger partial charge in [0.05, 0.1) is 36.0 Å². The highest BCUT2D eigenvalue weighted by Crippen LogP contribution is 2.37. The van der Waals surface area contributed by atoms with Gasteiger partial charge in [-0.25, -0.2) is 0 Å². The Morgan fingerprint density at radius 2 is 1.37 bits per heavy atom. The van der Waals surface area contributed by atoms with Crippen LogP contribution in [0.1, 0.15) is 11.1 Å². The molecule has 5 aromatic rings. The molecule has 0 amide bonds. The number of benzene rings is 4. The Kier molecular flexibility index (Phi) is 6.26. The molecule has 5 rings (SSSR count). The molecule has 0 saturated carbocycles. The Morgan fingerprint density at radius 3 is 2.00 bits per heavy atom.